The Labute approximate surface area is 121 Å². The number of benzene rings is 1. The van der Waals surface area contributed by atoms with Crippen LogP contribution in [0, 0.1) is 0 Å². The normalized spacial score (nSPS) is 11.4. The third-order valence-electron chi connectivity index (χ3n) is 3.29. The van der Waals surface area contributed by atoms with Crippen molar-refractivity contribution in [2.24, 2.45) is 5.73 Å². The summed E-state index contributed by atoms with van der Waals surface area (Å²) in [5.74, 6) is 0.865. The van der Waals surface area contributed by atoms with Gasteiger partial charge in [0.05, 0.1) is 0 Å². The zero-order valence-electron chi connectivity index (χ0n) is 12.5. The van der Waals surface area contributed by atoms with Crippen LogP contribution in [0.4, 0.5) is 11.5 Å². The molecule has 0 saturated carbocycles. The molecule has 0 saturated heterocycles. The van der Waals surface area contributed by atoms with Gasteiger partial charge in [-0.3, -0.25) is 0 Å². The predicted octanol–water partition coefficient (Wildman–Crippen LogP) is 3.62. The van der Waals surface area contributed by atoms with E-state index < -0.39 is 0 Å². The Morgan fingerprint density at radius 2 is 1.75 bits per heavy atom. The number of pyridine rings is 1. The monoisotopic (exact) mass is 269 g/mol. The molecule has 3 nitrogen and oxygen atoms in total. The van der Waals surface area contributed by atoms with Gasteiger partial charge < -0.3 is 11.1 Å². The number of nitrogens with one attached hydrogen (secondary N) is 1. The highest BCUT2D eigenvalue weighted by Gasteiger charge is 2.13. The van der Waals surface area contributed by atoms with Crippen LogP contribution in [0.2, 0.25) is 0 Å². The topological polar surface area (TPSA) is 50.9 Å². The molecule has 3 N–H and O–H groups in total. The highest BCUT2D eigenvalue weighted by molar-refractivity contribution is 5.56. The molecule has 0 aliphatic heterocycles. The number of anilines is 2. The zero-order valence-corrected chi connectivity index (χ0v) is 12.5. The lowest BCUT2D eigenvalue weighted by Crippen LogP contribution is -2.11. The smallest absolute Gasteiger partial charge is 0.130 e. The third kappa shape index (κ3) is 3.81. The maximum Gasteiger partial charge on any atom is 0.130 e. The summed E-state index contributed by atoms with van der Waals surface area (Å²) in [6.07, 6.45) is 2.85. The van der Waals surface area contributed by atoms with E-state index in [1.807, 2.05) is 12.3 Å². The summed E-state index contributed by atoms with van der Waals surface area (Å²) in [6.45, 7) is 7.25. The van der Waals surface area contributed by atoms with Gasteiger partial charge in [-0.1, -0.05) is 39.0 Å². The molecule has 0 bridgehead atoms. The molecule has 0 aliphatic rings. The van der Waals surface area contributed by atoms with E-state index in [0.29, 0.717) is 6.54 Å². The van der Waals surface area contributed by atoms with Crippen molar-refractivity contribution >= 4 is 11.5 Å². The van der Waals surface area contributed by atoms with E-state index in [1.54, 1.807) is 0 Å². The van der Waals surface area contributed by atoms with E-state index in [2.05, 4.69) is 61.4 Å². The van der Waals surface area contributed by atoms with Crippen molar-refractivity contribution in [2.75, 3.05) is 11.9 Å². The molecule has 1 heterocycles. The molecule has 2 rings (SSSR count). The first-order valence-electron chi connectivity index (χ1n) is 7.01. The Bertz CT molecular complexity index is 536. The second-order valence-corrected chi connectivity index (χ2v) is 6.04. The summed E-state index contributed by atoms with van der Waals surface area (Å²) in [7, 11) is 0. The molecule has 0 aliphatic carbocycles. The van der Waals surface area contributed by atoms with Crippen molar-refractivity contribution in [1.82, 2.24) is 4.98 Å². The van der Waals surface area contributed by atoms with Crippen molar-refractivity contribution < 1.29 is 0 Å². The fourth-order valence-corrected chi connectivity index (χ4v) is 1.98. The van der Waals surface area contributed by atoms with Crippen LogP contribution in [0.3, 0.4) is 0 Å². The average Bonchev–Trinajstić information content (AvgIpc) is 2.41. The summed E-state index contributed by atoms with van der Waals surface area (Å²) in [5.41, 5.74) is 9.22. The van der Waals surface area contributed by atoms with Gasteiger partial charge in [0.1, 0.15) is 5.82 Å². The molecule has 106 valence electrons. The first-order valence-corrected chi connectivity index (χ1v) is 7.01. The molecule has 2 aromatic rings. The lowest BCUT2D eigenvalue weighted by Gasteiger charge is -2.18. The first-order chi connectivity index (χ1) is 9.49. The highest BCUT2D eigenvalue weighted by atomic mass is 15.0. The maximum atomic E-state index is 5.55. The van der Waals surface area contributed by atoms with E-state index in [-0.39, 0.29) is 5.41 Å². The molecule has 3 heteroatoms. The Morgan fingerprint density at radius 3 is 2.25 bits per heavy atom. The lowest BCUT2D eigenvalue weighted by molar-refractivity contribution is 0.587. The SMILES string of the molecule is CC(C)(C)c1ccc(Nc2ccc(CCN)cc2)nc1. The molecule has 0 unspecified atom stereocenters. The zero-order chi connectivity index (χ0) is 14.6. The second kappa shape index (κ2) is 6.06. The molecule has 0 spiro atoms. The van der Waals surface area contributed by atoms with Gasteiger partial charge >= 0.3 is 0 Å². The number of hydrogen-bond donors (Lipinski definition) is 2. The summed E-state index contributed by atoms with van der Waals surface area (Å²) in [4.78, 5) is 4.47. The van der Waals surface area contributed by atoms with Crippen LogP contribution in [0.1, 0.15) is 31.9 Å². The molecule has 0 atom stereocenters. The minimum atomic E-state index is 0.134. The minimum absolute atomic E-state index is 0.134. The molecule has 1 aromatic heterocycles. The van der Waals surface area contributed by atoms with E-state index in [0.717, 1.165) is 17.9 Å². The summed E-state index contributed by atoms with van der Waals surface area (Å²) >= 11 is 0. The van der Waals surface area contributed by atoms with E-state index >= 15 is 0 Å². The van der Waals surface area contributed by atoms with Crippen LogP contribution in [-0.2, 0) is 11.8 Å². The molecular weight excluding hydrogens is 246 g/mol. The Hall–Kier alpha value is -1.87. The number of aromatic nitrogens is 1. The summed E-state index contributed by atoms with van der Waals surface area (Å²) in [5, 5.41) is 3.31. The fraction of sp³-hybridized carbons (Fsp3) is 0.353. The Balaban J connectivity index is 2.06. The van der Waals surface area contributed by atoms with Gasteiger partial charge in [0, 0.05) is 11.9 Å². The van der Waals surface area contributed by atoms with E-state index in [4.69, 9.17) is 5.73 Å². The first kappa shape index (κ1) is 14.5. The molecule has 20 heavy (non-hydrogen) atoms. The van der Waals surface area contributed by atoms with E-state index in [9.17, 15) is 0 Å². The summed E-state index contributed by atoms with van der Waals surface area (Å²) < 4.78 is 0. The van der Waals surface area contributed by atoms with Crippen LogP contribution in [0.25, 0.3) is 0 Å². The second-order valence-electron chi connectivity index (χ2n) is 6.04. The maximum absolute atomic E-state index is 5.55. The van der Waals surface area contributed by atoms with Crippen molar-refractivity contribution in [3.63, 3.8) is 0 Å². The predicted molar refractivity (Wildman–Crippen MR) is 85.4 cm³/mol. The van der Waals surface area contributed by atoms with Gasteiger partial charge in [0.15, 0.2) is 0 Å². The van der Waals surface area contributed by atoms with Crippen molar-refractivity contribution in [3.05, 3.63) is 53.7 Å². The lowest BCUT2D eigenvalue weighted by atomic mass is 9.88. The molecule has 0 amide bonds. The third-order valence-corrected chi connectivity index (χ3v) is 3.29. The van der Waals surface area contributed by atoms with Crippen LogP contribution in [-0.4, -0.2) is 11.5 Å². The van der Waals surface area contributed by atoms with Crippen LogP contribution in [0.15, 0.2) is 42.6 Å². The molecule has 0 radical (unpaired) electrons. The van der Waals surface area contributed by atoms with Crippen molar-refractivity contribution in [3.8, 4) is 0 Å². The minimum Gasteiger partial charge on any atom is -0.340 e. The van der Waals surface area contributed by atoms with Gasteiger partial charge in [-0.2, -0.15) is 0 Å². The summed E-state index contributed by atoms with van der Waals surface area (Å²) in [6, 6.07) is 12.5. The Morgan fingerprint density at radius 1 is 1.05 bits per heavy atom. The molecule has 1 aromatic carbocycles. The number of rotatable bonds is 4. The van der Waals surface area contributed by atoms with Gasteiger partial charge in [-0.25, -0.2) is 4.98 Å². The largest absolute Gasteiger partial charge is 0.340 e. The van der Waals surface area contributed by atoms with E-state index in [1.165, 1.54) is 11.1 Å². The van der Waals surface area contributed by atoms with Gasteiger partial charge in [-0.15, -0.1) is 0 Å². The number of nitrogens with two attached hydrogens (primary N) is 1. The van der Waals surface area contributed by atoms with Crippen LogP contribution >= 0.6 is 0 Å². The van der Waals surface area contributed by atoms with Crippen LogP contribution in [0.5, 0.6) is 0 Å². The standard InChI is InChI=1S/C17H23N3/c1-17(2,3)14-6-9-16(19-12-14)20-15-7-4-13(5-8-15)10-11-18/h4-9,12H,10-11,18H2,1-3H3,(H,19,20). The van der Waals surface area contributed by atoms with Gasteiger partial charge in [0.2, 0.25) is 0 Å². The van der Waals surface area contributed by atoms with Gasteiger partial charge in [0.25, 0.3) is 0 Å². The Kier molecular flexibility index (Phi) is 4.40. The fourth-order valence-electron chi connectivity index (χ4n) is 1.98. The van der Waals surface area contributed by atoms with Crippen molar-refractivity contribution in [2.45, 2.75) is 32.6 Å². The number of nitrogens with zero attached hydrogens (tertiary/aromatic N) is 1. The molecule has 0 fully saturated rings. The molecular formula is C17H23N3. The quantitative estimate of drug-likeness (QED) is 0.891. The number of hydrogen-bond acceptors (Lipinski definition) is 3. The van der Waals surface area contributed by atoms with Crippen LogP contribution < -0.4 is 11.1 Å². The average molecular weight is 269 g/mol. The van der Waals surface area contributed by atoms with Crippen molar-refractivity contribution in [1.29, 1.82) is 0 Å². The van der Waals surface area contributed by atoms with Gasteiger partial charge in [-0.05, 0) is 47.7 Å². The highest BCUT2D eigenvalue weighted by Crippen LogP contribution is 2.23.